The summed E-state index contributed by atoms with van der Waals surface area (Å²) >= 11 is 0. The Morgan fingerprint density at radius 2 is 2.00 bits per heavy atom. The first-order chi connectivity index (χ1) is 8.50. The van der Waals surface area contributed by atoms with Gasteiger partial charge in [0.15, 0.2) is 5.76 Å². The Kier molecular flexibility index (Phi) is 3.06. The number of carboxylic acids is 1. The lowest BCUT2D eigenvalue weighted by Gasteiger charge is -2.12. The number of carbonyl (C=O) groups excluding carboxylic acids is 1. The maximum Gasteiger partial charge on any atom is 0.323 e. The number of carbonyl (C=O) groups is 2. The second-order valence-electron chi connectivity index (χ2n) is 4.11. The van der Waals surface area contributed by atoms with Crippen molar-refractivity contribution >= 4 is 22.8 Å². The zero-order valence-corrected chi connectivity index (χ0v) is 10.1. The molecule has 0 aliphatic rings. The number of hydrogen-bond acceptors (Lipinski definition) is 3. The van der Waals surface area contributed by atoms with Gasteiger partial charge in [-0.3, -0.25) is 9.59 Å². The van der Waals surface area contributed by atoms with Gasteiger partial charge in [0, 0.05) is 18.0 Å². The van der Waals surface area contributed by atoms with Crippen molar-refractivity contribution in [2.24, 2.45) is 0 Å². The van der Waals surface area contributed by atoms with Crippen LogP contribution in [0.1, 0.15) is 16.1 Å². The molecule has 5 heteroatoms. The number of aliphatic carboxylic acids is 1. The van der Waals surface area contributed by atoms with Crippen LogP contribution in [0.2, 0.25) is 0 Å². The van der Waals surface area contributed by atoms with E-state index in [0.717, 1.165) is 15.8 Å². The molecule has 0 aliphatic carbocycles. The van der Waals surface area contributed by atoms with E-state index in [1.165, 1.54) is 7.05 Å². The Morgan fingerprint density at radius 3 is 2.61 bits per heavy atom. The standard InChI is InChI=1S/C13H13NO4/c1-8-9-5-3-4-6-10(9)18-12(8)13(17)14(2)7-11(15)16/h3-6H,7H2,1-2H3,(H,15,16). The van der Waals surface area contributed by atoms with Gasteiger partial charge in [-0.2, -0.15) is 0 Å². The molecule has 0 radical (unpaired) electrons. The highest BCUT2D eigenvalue weighted by Gasteiger charge is 2.21. The van der Waals surface area contributed by atoms with E-state index >= 15 is 0 Å². The Morgan fingerprint density at radius 1 is 1.33 bits per heavy atom. The molecule has 18 heavy (non-hydrogen) atoms. The summed E-state index contributed by atoms with van der Waals surface area (Å²) in [4.78, 5) is 23.7. The SMILES string of the molecule is Cc1c(C(=O)N(C)CC(=O)O)oc2ccccc12. The summed E-state index contributed by atoms with van der Waals surface area (Å²) < 4.78 is 5.48. The molecule has 2 rings (SSSR count). The Labute approximate surface area is 104 Å². The van der Waals surface area contributed by atoms with Crippen LogP contribution in [0.3, 0.4) is 0 Å². The minimum absolute atomic E-state index is 0.194. The third kappa shape index (κ3) is 2.07. The molecular formula is C13H13NO4. The summed E-state index contributed by atoms with van der Waals surface area (Å²) in [7, 11) is 1.43. The second kappa shape index (κ2) is 4.52. The highest BCUT2D eigenvalue weighted by atomic mass is 16.4. The quantitative estimate of drug-likeness (QED) is 0.899. The average Bonchev–Trinajstić information content (AvgIpc) is 2.66. The van der Waals surface area contributed by atoms with Crippen molar-refractivity contribution in [1.82, 2.24) is 4.90 Å². The molecule has 0 aliphatic heterocycles. The van der Waals surface area contributed by atoms with Gasteiger partial charge >= 0.3 is 5.97 Å². The van der Waals surface area contributed by atoms with Crippen LogP contribution in [-0.4, -0.2) is 35.5 Å². The molecule has 0 saturated carbocycles. The number of carboxylic acid groups (broad SMARTS) is 1. The molecule has 0 fully saturated rings. The first kappa shape index (κ1) is 12.2. The number of fused-ring (bicyclic) bond motifs is 1. The minimum atomic E-state index is -1.06. The van der Waals surface area contributed by atoms with Gasteiger partial charge in [0.1, 0.15) is 12.1 Å². The second-order valence-corrected chi connectivity index (χ2v) is 4.11. The van der Waals surface area contributed by atoms with E-state index in [9.17, 15) is 9.59 Å². The van der Waals surface area contributed by atoms with Crippen LogP contribution in [0.5, 0.6) is 0 Å². The van der Waals surface area contributed by atoms with E-state index < -0.39 is 11.9 Å². The molecule has 2 aromatic rings. The number of para-hydroxylation sites is 1. The van der Waals surface area contributed by atoms with Gasteiger partial charge in [0.05, 0.1) is 0 Å². The number of hydrogen-bond donors (Lipinski definition) is 1. The lowest BCUT2D eigenvalue weighted by atomic mass is 10.1. The summed E-state index contributed by atoms with van der Waals surface area (Å²) in [6.07, 6.45) is 0. The third-order valence-corrected chi connectivity index (χ3v) is 2.76. The highest BCUT2D eigenvalue weighted by molar-refractivity contribution is 5.99. The van der Waals surface area contributed by atoms with Crippen LogP contribution in [0.15, 0.2) is 28.7 Å². The molecule has 0 spiro atoms. The van der Waals surface area contributed by atoms with Crippen LogP contribution >= 0.6 is 0 Å². The molecule has 5 nitrogen and oxygen atoms in total. The van der Waals surface area contributed by atoms with Crippen LogP contribution in [-0.2, 0) is 4.79 Å². The summed E-state index contributed by atoms with van der Waals surface area (Å²) in [5.41, 5.74) is 1.36. The number of furan rings is 1. The number of likely N-dealkylation sites (N-methyl/N-ethyl adjacent to an activating group) is 1. The summed E-state index contributed by atoms with van der Waals surface area (Å²) in [6, 6.07) is 7.32. The van der Waals surface area contributed by atoms with Crippen LogP contribution in [0.4, 0.5) is 0 Å². The lowest BCUT2D eigenvalue weighted by molar-refractivity contribution is -0.137. The van der Waals surface area contributed by atoms with Crippen LogP contribution < -0.4 is 0 Å². The van der Waals surface area contributed by atoms with Crippen molar-refractivity contribution < 1.29 is 19.1 Å². The van der Waals surface area contributed by atoms with Gasteiger partial charge < -0.3 is 14.4 Å². The zero-order chi connectivity index (χ0) is 13.3. The Balaban J connectivity index is 2.39. The highest BCUT2D eigenvalue weighted by Crippen LogP contribution is 2.25. The lowest BCUT2D eigenvalue weighted by Crippen LogP contribution is -2.32. The molecule has 94 valence electrons. The first-order valence-corrected chi connectivity index (χ1v) is 5.46. The molecule has 1 aromatic carbocycles. The number of benzene rings is 1. The average molecular weight is 247 g/mol. The van der Waals surface area contributed by atoms with E-state index in [2.05, 4.69) is 0 Å². The molecule has 1 heterocycles. The van der Waals surface area contributed by atoms with Crippen molar-refractivity contribution in [2.75, 3.05) is 13.6 Å². The molecule has 0 unspecified atom stereocenters. The fourth-order valence-electron chi connectivity index (χ4n) is 1.83. The van der Waals surface area contributed by atoms with Gasteiger partial charge in [-0.15, -0.1) is 0 Å². The van der Waals surface area contributed by atoms with Gasteiger partial charge in [-0.1, -0.05) is 18.2 Å². The predicted molar refractivity (Wildman–Crippen MR) is 65.5 cm³/mol. The van der Waals surface area contributed by atoms with Crippen molar-refractivity contribution in [3.05, 3.63) is 35.6 Å². The van der Waals surface area contributed by atoms with Crippen LogP contribution in [0.25, 0.3) is 11.0 Å². The maximum atomic E-state index is 12.0. The molecule has 1 N–H and O–H groups in total. The maximum absolute atomic E-state index is 12.0. The van der Waals surface area contributed by atoms with E-state index in [1.54, 1.807) is 13.0 Å². The number of rotatable bonds is 3. The van der Waals surface area contributed by atoms with Crippen molar-refractivity contribution in [3.8, 4) is 0 Å². The number of nitrogens with zero attached hydrogens (tertiary/aromatic N) is 1. The molecule has 1 aromatic heterocycles. The Hall–Kier alpha value is -2.30. The summed E-state index contributed by atoms with van der Waals surface area (Å²) in [5.74, 6) is -1.29. The molecule has 1 amide bonds. The molecular weight excluding hydrogens is 234 g/mol. The topological polar surface area (TPSA) is 70.8 Å². The monoisotopic (exact) mass is 247 g/mol. The van der Waals surface area contributed by atoms with E-state index in [4.69, 9.17) is 9.52 Å². The largest absolute Gasteiger partial charge is 0.480 e. The van der Waals surface area contributed by atoms with Gasteiger partial charge in [-0.25, -0.2) is 0 Å². The van der Waals surface area contributed by atoms with Gasteiger partial charge in [-0.05, 0) is 13.0 Å². The van der Waals surface area contributed by atoms with E-state index in [0.29, 0.717) is 5.58 Å². The van der Waals surface area contributed by atoms with Gasteiger partial charge in [0.25, 0.3) is 5.91 Å². The van der Waals surface area contributed by atoms with Crippen molar-refractivity contribution in [2.45, 2.75) is 6.92 Å². The summed E-state index contributed by atoms with van der Waals surface area (Å²) in [6.45, 7) is 1.43. The summed E-state index contributed by atoms with van der Waals surface area (Å²) in [5, 5.41) is 9.53. The van der Waals surface area contributed by atoms with Crippen molar-refractivity contribution in [3.63, 3.8) is 0 Å². The number of aryl methyl sites for hydroxylation is 1. The first-order valence-electron chi connectivity index (χ1n) is 5.46. The Bertz CT molecular complexity index is 614. The van der Waals surface area contributed by atoms with Crippen LogP contribution in [0, 0.1) is 6.92 Å². The third-order valence-electron chi connectivity index (χ3n) is 2.76. The molecule has 0 saturated heterocycles. The van der Waals surface area contributed by atoms with E-state index in [-0.39, 0.29) is 12.3 Å². The normalized spacial score (nSPS) is 10.6. The zero-order valence-electron chi connectivity index (χ0n) is 10.1. The molecule has 0 bridgehead atoms. The van der Waals surface area contributed by atoms with Crippen molar-refractivity contribution in [1.29, 1.82) is 0 Å². The fourth-order valence-corrected chi connectivity index (χ4v) is 1.83. The predicted octanol–water partition coefficient (Wildman–Crippen LogP) is 1.90. The number of amides is 1. The molecule has 0 atom stereocenters. The fraction of sp³-hybridized carbons (Fsp3) is 0.231. The minimum Gasteiger partial charge on any atom is -0.480 e. The smallest absolute Gasteiger partial charge is 0.323 e. The van der Waals surface area contributed by atoms with E-state index in [1.807, 2.05) is 18.2 Å². The van der Waals surface area contributed by atoms with Gasteiger partial charge in [0.2, 0.25) is 0 Å².